The number of hydrogen-bond donors (Lipinski definition) is 1. The lowest BCUT2D eigenvalue weighted by Crippen LogP contribution is -1.92. The highest BCUT2D eigenvalue weighted by Crippen LogP contribution is 2.40. The molecule has 2 aromatic heterocycles. The number of aromatic nitrogens is 3. The summed E-state index contributed by atoms with van der Waals surface area (Å²) in [5, 5.41) is 4.40. The van der Waals surface area contributed by atoms with E-state index < -0.39 is 0 Å². The summed E-state index contributed by atoms with van der Waals surface area (Å²) < 4.78 is 0. The Morgan fingerprint density at radius 3 is 2.45 bits per heavy atom. The van der Waals surface area contributed by atoms with Gasteiger partial charge < -0.3 is 5.32 Å². The Bertz CT molecular complexity index is 802. The molecule has 0 radical (unpaired) electrons. The van der Waals surface area contributed by atoms with Gasteiger partial charge in [0.25, 0.3) is 0 Å². The maximum atomic E-state index is 4.42. The summed E-state index contributed by atoms with van der Waals surface area (Å²) in [5.74, 6) is 0.695. The van der Waals surface area contributed by atoms with E-state index in [4.69, 9.17) is 0 Å². The summed E-state index contributed by atoms with van der Waals surface area (Å²) in [6.45, 7) is 0. The van der Waals surface area contributed by atoms with Crippen LogP contribution in [0.4, 0.5) is 5.69 Å². The quantitative estimate of drug-likeness (QED) is 0.774. The maximum Gasteiger partial charge on any atom is 0.154 e. The average molecular weight is 304 g/mol. The first kappa shape index (κ1) is 13.0. The van der Waals surface area contributed by atoms with Gasteiger partial charge in [-0.2, -0.15) is 0 Å². The number of thioether (sulfide) groups is 1. The molecule has 0 aliphatic carbocycles. The van der Waals surface area contributed by atoms with Gasteiger partial charge in [0.15, 0.2) is 5.82 Å². The Kier molecular flexibility index (Phi) is 3.33. The molecule has 0 saturated carbocycles. The van der Waals surface area contributed by atoms with Crippen molar-refractivity contribution in [1.82, 2.24) is 15.0 Å². The Morgan fingerprint density at radius 2 is 1.68 bits per heavy atom. The number of hydrogen-bond acceptors (Lipinski definition) is 5. The van der Waals surface area contributed by atoms with Gasteiger partial charge >= 0.3 is 0 Å². The molecule has 0 unspecified atom stereocenters. The molecule has 4 nitrogen and oxygen atoms in total. The third-order valence-corrected chi connectivity index (χ3v) is 4.33. The fraction of sp³-hybridized carbons (Fsp3) is 0. The number of benzene rings is 1. The Labute approximate surface area is 132 Å². The minimum atomic E-state index is 0.695. The van der Waals surface area contributed by atoms with Gasteiger partial charge in [-0.15, -0.1) is 0 Å². The molecule has 0 spiro atoms. The molecular formula is C17H12N4S. The Hall–Kier alpha value is -2.66. The van der Waals surface area contributed by atoms with Crippen LogP contribution in [-0.4, -0.2) is 15.0 Å². The molecule has 0 fully saturated rings. The first-order chi connectivity index (χ1) is 10.9. The summed E-state index contributed by atoms with van der Waals surface area (Å²) in [7, 11) is 0. The van der Waals surface area contributed by atoms with Crippen molar-refractivity contribution in [3.8, 4) is 11.1 Å². The Balaban J connectivity index is 1.57. The summed E-state index contributed by atoms with van der Waals surface area (Å²) in [6, 6.07) is 12.1. The Morgan fingerprint density at radius 1 is 0.909 bits per heavy atom. The lowest BCUT2D eigenvalue weighted by molar-refractivity contribution is 1.13. The average Bonchev–Trinajstić information content (AvgIpc) is 2.98. The third kappa shape index (κ3) is 2.58. The molecule has 5 heteroatoms. The van der Waals surface area contributed by atoms with Crippen molar-refractivity contribution in [2.24, 2.45) is 0 Å². The van der Waals surface area contributed by atoms with Crippen molar-refractivity contribution in [2.45, 2.75) is 4.90 Å². The predicted octanol–water partition coefficient (Wildman–Crippen LogP) is 4.05. The van der Waals surface area contributed by atoms with Crippen LogP contribution in [-0.2, 0) is 0 Å². The minimum Gasteiger partial charge on any atom is -0.349 e. The van der Waals surface area contributed by atoms with Gasteiger partial charge in [-0.3, -0.25) is 4.98 Å². The van der Waals surface area contributed by atoms with E-state index in [1.807, 2.05) is 42.7 Å². The number of fused-ring (bicyclic) bond motifs is 1. The molecule has 106 valence electrons. The van der Waals surface area contributed by atoms with E-state index in [1.54, 1.807) is 24.2 Å². The second-order valence-electron chi connectivity index (χ2n) is 4.80. The number of rotatable bonds is 2. The zero-order chi connectivity index (χ0) is 14.8. The molecule has 1 aromatic carbocycles. The number of anilines is 1. The van der Waals surface area contributed by atoms with Crippen LogP contribution in [0.25, 0.3) is 17.2 Å². The van der Waals surface area contributed by atoms with Crippen LogP contribution < -0.4 is 5.32 Å². The minimum absolute atomic E-state index is 0.695. The standard InChI is InChI=1S/C17H12N4S/c1-2-4-15-14(3-1)21-17(22-15)9-16-19-10-13(11-20-16)12-5-7-18-8-6-12/h1-11,21H/b17-9+. The third-order valence-electron chi connectivity index (χ3n) is 3.31. The van der Waals surface area contributed by atoms with Gasteiger partial charge in [0.1, 0.15) is 0 Å². The van der Waals surface area contributed by atoms with Crippen LogP contribution in [0, 0.1) is 0 Å². The molecule has 0 amide bonds. The molecule has 22 heavy (non-hydrogen) atoms. The predicted molar refractivity (Wildman–Crippen MR) is 89.2 cm³/mol. The number of para-hydroxylation sites is 1. The second-order valence-corrected chi connectivity index (χ2v) is 5.88. The van der Waals surface area contributed by atoms with E-state index in [1.165, 1.54) is 4.90 Å². The van der Waals surface area contributed by atoms with Crippen molar-refractivity contribution in [2.75, 3.05) is 5.32 Å². The fourth-order valence-electron chi connectivity index (χ4n) is 2.22. The first-order valence-electron chi connectivity index (χ1n) is 6.86. The summed E-state index contributed by atoms with van der Waals surface area (Å²) in [5.41, 5.74) is 3.18. The number of nitrogens with one attached hydrogen (secondary N) is 1. The van der Waals surface area contributed by atoms with Gasteiger partial charge in [0.2, 0.25) is 0 Å². The largest absolute Gasteiger partial charge is 0.349 e. The summed E-state index contributed by atoms with van der Waals surface area (Å²) in [4.78, 5) is 14.1. The fourth-order valence-corrected chi connectivity index (χ4v) is 3.16. The van der Waals surface area contributed by atoms with Gasteiger partial charge in [-0.25, -0.2) is 9.97 Å². The zero-order valence-electron chi connectivity index (χ0n) is 11.6. The number of pyridine rings is 1. The highest BCUT2D eigenvalue weighted by atomic mass is 32.2. The number of nitrogens with zero attached hydrogens (tertiary/aromatic N) is 3. The molecule has 0 atom stereocenters. The molecule has 1 N–H and O–H groups in total. The van der Waals surface area contributed by atoms with E-state index in [2.05, 4.69) is 32.4 Å². The van der Waals surface area contributed by atoms with Crippen LogP contribution in [0.15, 0.2) is 71.1 Å². The molecule has 0 bridgehead atoms. The SMILES string of the molecule is C(=C1/Nc2ccccc2S1)/c1ncc(-c2ccncc2)cn1. The summed E-state index contributed by atoms with van der Waals surface area (Å²) in [6.07, 6.45) is 9.16. The molecular weight excluding hydrogens is 292 g/mol. The van der Waals surface area contributed by atoms with Crippen molar-refractivity contribution in [3.63, 3.8) is 0 Å². The van der Waals surface area contributed by atoms with Crippen molar-refractivity contribution < 1.29 is 0 Å². The highest BCUT2D eigenvalue weighted by molar-refractivity contribution is 8.03. The van der Waals surface area contributed by atoms with Crippen molar-refractivity contribution >= 4 is 23.5 Å². The molecule has 0 saturated heterocycles. The highest BCUT2D eigenvalue weighted by Gasteiger charge is 2.14. The molecule has 1 aliphatic heterocycles. The normalized spacial score (nSPS) is 14.6. The maximum absolute atomic E-state index is 4.42. The second kappa shape index (κ2) is 5.61. The monoisotopic (exact) mass is 304 g/mol. The molecule has 1 aliphatic rings. The van der Waals surface area contributed by atoms with E-state index in [9.17, 15) is 0 Å². The van der Waals surface area contributed by atoms with E-state index >= 15 is 0 Å². The van der Waals surface area contributed by atoms with Crippen LogP contribution in [0.5, 0.6) is 0 Å². The van der Waals surface area contributed by atoms with Gasteiger partial charge in [-0.05, 0) is 29.8 Å². The van der Waals surface area contributed by atoms with Gasteiger partial charge in [0.05, 0.1) is 10.7 Å². The zero-order valence-corrected chi connectivity index (χ0v) is 12.4. The lowest BCUT2D eigenvalue weighted by Gasteiger charge is -2.01. The first-order valence-corrected chi connectivity index (χ1v) is 7.68. The van der Waals surface area contributed by atoms with E-state index in [0.717, 1.165) is 21.8 Å². The lowest BCUT2D eigenvalue weighted by atomic mass is 10.1. The summed E-state index contributed by atoms with van der Waals surface area (Å²) >= 11 is 1.69. The molecule has 3 heterocycles. The van der Waals surface area contributed by atoms with Gasteiger partial charge in [0, 0.05) is 41.3 Å². The van der Waals surface area contributed by atoms with Crippen molar-refractivity contribution in [3.05, 3.63) is 72.0 Å². The smallest absolute Gasteiger partial charge is 0.154 e. The van der Waals surface area contributed by atoms with Crippen LogP contribution >= 0.6 is 11.8 Å². The molecule has 3 aromatic rings. The van der Waals surface area contributed by atoms with Crippen LogP contribution in [0.2, 0.25) is 0 Å². The van der Waals surface area contributed by atoms with Crippen LogP contribution in [0.3, 0.4) is 0 Å². The van der Waals surface area contributed by atoms with E-state index in [0.29, 0.717) is 5.82 Å². The van der Waals surface area contributed by atoms with E-state index in [-0.39, 0.29) is 0 Å². The van der Waals surface area contributed by atoms with Crippen LogP contribution in [0.1, 0.15) is 5.82 Å². The molecule has 4 rings (SSSR count). The van der Waals surface area contributed by atoms with Crippen molar-refractivity contribution in [1.29, 1.82) is 0 Å². The van der Waals surface area contributed by atoms with Gasteiger partial charge in [-0.1, -0.05) is 23.9 Å². The topological polar surface area (TPSA) is 50.7 Å².